The standard InChI is InChI=1S/C11H16N2O/c1-8-6-10(12)11(13-7-8)14-5-4-9-2-3-9/h6-7,9H,2-5,12H2,1H3. The summed E-state index contributed by atoms with van der Waals surface area (Å²) in [5.41, 5.74) is 7.47. The first-order valence-corrected chi connectivity index (χ1v) is 5.10. The Morgan fingerprint density at radius 3 is 3.00 bits per heavy atom. The van der Waals surface area contributed by atoms with Crippen LogP contribution in [0.2, 0.25) is 0 Å². The van der Waals surface area contributed by atoms with Crippen LogP contribution in [0.15, 0.2) is 12.3 Å². The molecule has 1 aliphatic rings. The Bertz CT molecular complexity index is 321. The van der Waals surface area contributed by atoms with E-state index in [-0.39, 0.29) is 0 Å². The molecule has 3 nitrogen and oxygen atoms in total. The summed E-state index contributed by atoms with van der Waals surface area (Å²) in [6, 6.07) is 1.89. The molecule has 3 heteroatoms. The van der Waals surface area contributed by atoms with Gasteiger partial charge in [-0.25, -0.2) is 4.98 Å². The number of nitrogens with two attached hydrogens (primary N) is 1. The van der Waals surface area contributed by atoms with Crippen LogP contribution in [0.1, 0.15) is 24.8 Å². The van der Waals surface area contributed by atoms with Gasteiger partial charge < -0.3 is 10.5 Å². The molecule has 1 aromatic heterocycles. The topological polar surface area (TPSA) is 48.1 Å². The number of rotatable bonds is 4. The van der Waals surface area contributed by atoms with Gasteiger partial charge in [-0.1, -0.05) is 12.8 Å². The molecule has 0 bridgehead atoms. The van der Waals surface area contributed by atoms with Crippen LogP contribution in [0.3, 0.4) is 0 Å². The van der Waals surface area contributed by atoms with E-state index in [9.17, 15) is 0 Å². The maximum Gasteiger partial charge on any atom is 0.237 e. The second-order valence-electron chi connectivity index (χ2n) is 3.99. The highest BCUT2D eigenvalue weighted by molar-refractivity contribution is 5.49. The summed E-state index contributed by atoms with van der Waals surface area (Å²) >= 11 is 0. The van der Waals surface area contributed by atoms with Gasteiger partial charge in [0.05, 0.1) is 12.3 Å². The van der Waals surface area contributed by atoms with E-state index < -0.39 is 0 Å². The fourth-order valence-electron chi connectivity index (χ4n) is 1.43. The van der Waals surface area contributed by atoms with E-state index in [0.717, 1.165) is 24.5 Å². The number of aryl methyl sites for hydroxylation is 1. The lowest BCUT2D eigenvalue weighted by Gasteiger charge is -2.07. The average Bonchev–Trinajstić information content (AvgIpc) is 2.92. The molecule has 0 saturated heterocycles. The lowest BCUT2D eigenvalue weighted by Crippen LogP contribution is -2.03. The fourth-order valence-corrected chi connectivity index (χ4v) is 1.43. The average molecular weight is 192 g/mol. The summed E-state index contributed by atoms with van der Waals surface area (Å²) in [5, 5.41) is 0. The predicted molar refractivity (Wildman–Crippen MR) is 56.2 cm³/mol. The fraction of sp³-hybridized carbons (Fsp3) is 0.545. The zero-order valence-corrected chi connectivity index (χ0v) is 8.49. The molecule has 0 atom stereocenters. The first-order chi connectivity index (χ1) is 6.75. The molecule has 0 aromatic carbocycles. The van der Waals surface area contributed by atoms with E-state index in [0.29, 0.717) is 11.6 Å². The Balaban J connectivity index is 1.87. The maximum atomic E-state index is 5.77. The van der Waals surface area contributed by atoms with E-state index >= 15 is 0 Å². The molecule has 1 aliphatic carbocycles. The van der Waals surface area contributed by atoms with Gasteiger partial charge in [-0.2, -0.15) is 0 Å². The zero-order chi connectivity index (χ0) is 9.97. The van der Waals surface area contributed by atoms with E-state index in [1.54, 1.807) is 6.20 Å². The van der Waals surface area contributed by atoms with Gasteiger partial charge >= 0.3 is 0 Å². The lowest BCUT2D eigenvalue weighted by atomic mass is 10.3. The first-order valence-electron chi connectivity index (χ1n) is 5.10. The quantitative estimate of drug-likeness (QED) is 0.795. The molecule has 0 radical (unpaired) electrons. The maximum absolute atomic E-state index is 5.77. The molecule has 1 heterocycles. The number of ether oxygens (including phenoxy) is 1. The van der Waals surface area contributed by atoms with Crippen molar-refractivity contribution in [2.75, 3.05) is 12.3 Å². The highest BCUT2D eigenvalue weighted by Crippen LogP contribution is 2.32. The minimum absolute atomic E-state index is 0.580. The van der Waals surface area contributed by atoms with Crippen LogP contribution >= 0.6 is 0 Å². The number of pyridine rings is 1. The monoisotopic (exact) mass is 192 g/mol. The van der Waals surface area contributed by atoms with Crippen LogP contribution in [0.5, 0.6) is 5.88 Å². The van der Waals surface area contributed by atoms with Gasteiger partial charge in [0.2, 0.25) is 5.88 Å². The Labute approximate surface area is 84.3 Å². The van der Waals surface area contributed by atoms with Gasteiger partial charge in [-0.15, -0.1) is 0 Å². The highest BCUT2D eigenvalue weighted by atomic mass is 16.5. The third-order valence-corrected chi connectivity index (χ3v) is 2.48. The van der Waals surface area contributed by atoms with Crippen LogP contribution < -0.4 is 10.5 Å². The Morgan fingerprint density at radius 2 is 2.36 bits per heavy atom. The molecule has 76 valence electrons. The first kappa shape index (κ1) is 9.31. The number of nitrogens with zero attached hydrogens (tertiary/aromatic N) is 1. The van der Waals surface area contributed by atoms with Crippen molar-refractivity contribution in [2.45, 2.75) is 26.2 Å². The van der Waals surface area contributed by atoms with Gasteiger partial charge in [-0.3, -0.25) is 0 Å². The minimum atomic E-state index is 0.580. The van der Waals surface area contributed by atoms with Crippen LogP contribution in [0.25, 0.3) is 0 Å². The molecule has 0 aliphatic heterocycles. The smallest absolute Gasteiger partial charge is 0.237 e. The van der Waals surface area contributed by atoms with Gasteiger partial charge in [0.15, 0.2) is 0 Å². The van der Waals surface area contributed by atoms with Crippen LogP contribution in [-0.4, -0.2) is 11.6 Å². The summed E-state index contributed by atoms with van der Waals surface area (Å²) in [5.74, 6) is 1.47. The van der Waals surface area contributed by atoms with Gasteiger partial charge in [0.1, 0.15) is 0 Å². The molecular weight excluding hydrogens is 176 g/mol. The molecule has 0 spiro atoms. The molecule has 0 amide bonds. The molecule has 0 unspecified atom stereocenters. The van der Waals surface area contributed by atoms with Crippen LogP contribution in [0.4, 0.5) is 5.69 Å². The Hall–Kier alpha value is -1.25. The third-order valence-electron chi connectivity index (χ3n) is 2.48. The normalized spacial score (nSPS) is 15.5. The number of hydrogen-bond donors (Lipinski definition) is 1. The highest BCUT2D eigenvalue weighted by Gasteiger charge is 2.20. The van der Waals surface area contributed by atoms with Crippen molar-refractivity contribution in [3.8, 4) is 5.88 Å². The zero-order valence-electron chi connectivity index (χ0n) is 8.49. The van der Waals surface area contributed by atoms with Crippen molar-refractivity contribution in [1.29, 1.82) is 0 Å². The SMILES string of the molecule is Cc1cnc(OCCC2CC2)c(N)c1. The Morgan fingerprint density at radius 1 is 1.57 bits per heavy atom. The van der Waals surface area contributed by atoms with E-state index in [4.69, 9.17) is 10.5 Å². The third kappa shape index (κ3) is 2.37. The van der Waals surface area contributed by atoms with E-state index in [1.165, 1.54) is 12.8 Å². The van der Waals surface area contributed by atoms with Gasteiger partial charge in [0, 0.05) is 6.20 Å². The lowest BCUT2D eigenvalue weighted by molar-refractivity contribution is 0.293. The predicted octanol–water partition coefficient (Wildman–Crippen LogP) is 2.15. The van der Waals surface area contributed by atoms with E-state index in [2.05, 4.69) is 4.98 Å². The van der Waals surface area contributed by atoms with Crippen LogP contribution in [0, 0.1) is 12.8 Å². The molecule has 1 fully saturated rings. The molecule has 2 N–H and O–H groups in total. The number of anilines is 1. The van der Waals surface area contributed by atoms with Crippen molar-refractivity contribution in [3.05, 3.63) is 17.8 Å². The summed E-state index contributed by atoms with van der Waals surface area (Å²) in [7, 11) is 0. The summed E-state index contributed by atoms with van der Waals surface area (Å²) in [6.45, 7) is 2.71. The molecule has 1 saturated carbocycles. The van der Waals surface area contributed by atoms with Crippen molar-refractivity contribution in [3.63, 3.8) is 0 Å². The van der Waals surface area contributed by atoms with Gasteiger partial charge in [-0.05, 0) is 30.9 Å². The summed E-state index contributed by atoms with van der Waals surface area (Å²) in [4.78, 5) is 4.15. The van der Waals surface area contributed by atoms with Gasteiger partial charge in [0.25, 0.3) is 0 Å². The van der Waals surface area contributed by atoms with Crippen molar-refractivity contribution < 1.29 is 4.74 Å². The number of nitrogen functional groups attached to an aromatic ring is 1. The van der Waals surface area contributed by atoms with Crippen molar-refractivity contribution >= 4 is 5.69 Å². The van der Waals surface area contributed by atoms with Crippen molar-refractivity contribution in [2.24, 2.45) is 5.92 Å². The molecule has 2 rings (SSSR count). The molecule has 14 heavy (non-hydrogen) atoms. The number of aromatic nitrogens is 1. The molecule has 1 aromatic rings. The van der Waals surface area contributed by atoms with Crippen LogP contribution in [-0.2, 0) is 0 Å². The second kappa shape index (κ2) is 3.86. The Kier molecular flexibility index (Phi) is 2.57. The molecular formula is C11H16N2O. The minimum Gasteiger partial charge on any atom is -0.476 e. The van der Waals surface area contributed by atoms with E-state index in [1.807, 2.05) is 13.0 Å². The number of hydrogen-bond acceptors (Lipinski definition) is 3. The largest absolute Gasteiger partial charge is 0.476 e. The second-order valence-corrected chi connectivity index (χ2v) is 3.99. The summed E-state index contributed by atoms with van der Waals surface area (Å²) < 4.78 is 5.51. The van der Waals surface area contributed by atoms with Crippen molar-refractivity contribution in [1.82, 2.24) is 4.98 Å². The summed E-state index contributed by atoms with van der Waals surface area (Å²) in [6.07, 6.45) is 5.64.